The Hall–Kier alpha value is -4.08. The Kier molecular flexibility index (Phi) is 7.26. The maximum atomic E-state index is 13.4. The van der Waals surface area contributed by atoms with Gasteiger partial charge in [-0.25, -0.2) is 19.8 Å². The normalized spacial score (nSPS) is 11.0. The Morgan fingerprint density at radius 1 is 1.15 bits per heavy atom. The van der Waals surface area contributed by atoms with Crippen molar-refractivity contribution in [2.24, 2.45) is 5.10 Å². The van der Waals surface area contributed by atoms with Crippen molar-refractivity contribution in [3.05, 3.63) is 83.4 Å². The highest BCUT2D eigenvalue weighted by Gasteiger charge is 2.09. The molecule has 8 nitrogen and oxygen atoms in total. The topological polar surface area (TPSA) is 97.7 Å². The number of ether oxygens (including phenoxy) is 2. The zero-order chi connectivity index (χ0) is 23.9. The second-order valence-electron chi connectivity index (χ2n) is 7.05. The second kappa shape index (κ2) is 10.7. The van der Waals surface area contributed by atoms with E-state index in [9.17, 15) is 9.18 Å². The fourth-order valence-electron chi connectivity index (χ4n) is 3.05. The van der Waals surface area contributed by atoms with Gasteiger partial charge < -0.3 is 14.8 Å². The first kappa shape index (κ1) is 23.1. The number of anilines is 2. The summed E-state index contributed by atoms with van der Waals surface area (Å²) in [5, 5.41) is 8.23. The van der Waals surface area contributed by atoms with E-state index in [-0.39, 0.29) is 12.5 Å². The van der Waals surface area contributed by atoms with Gasteiger partial charge in [-0.3, -0.25) is 4.79 Å². The molecule has 0 aliphatic heterocycles. The molecule has 172 valence electrons. The molecule has 2 N–H and O–H groups in total. The van der Waals surface area contributed by atoms with E-state index in [0.717, 1.165) is 16.5 Å². The van der Waals surface area contributed by atoms with Crippen LogP contribution in [0.2, 0.25) is 5.02 Å². The lowest BCUT2D eigenvalue weighted by atomic mass is 10.1. The monoisotopic (exact) mass is 479 g/mol. The number of nitrogens with zero attached hydrogens (tertiary/aromatic N) is 3. The molecular weight excluding hydrogens is 461 g/mol. The lowest BCUT2D eigenvalue weighted by molar-refractivity contribution is -0.124. The van der Waals surface area contributed by atoms with Gasteiger partial charge in [0, 0.05) is 24.2 Å². The predicted molar refractivity (Wildman–Crippen MR) is 128 cm³/mol. The van der Waals surface area contributed by atoms with Gasteiger partial charge in [-0.05, 0) is 48.0 Å². The van der Waals surface area contributed by atoms with Crippen molar-refractivity contribution in [1.82, 2.24) is 15.4 Å². The van der Waals surface area contributed by atoms with Gasteiger partial charge in [0.2, 0.25) is 0 Å². The minimum absolute atomic E-state index is 0.0778. The highest BCUT2D eigenvalue weighted by atomic mass is 35.5. The maximum Gasteiger partial charge on any atom is 0.266 e. The Morgan fingerprint density at radius 3 is 2.82 bits per heavy atom. The zero-order valence-corrected chi connectivity index (χ0v) is 18.7. The van der Waals surface area contributed by atoms with Gasteiger partial charge >= 0.3 is 0 Å². The number of hydrogen-bond acceptors (Lipinski definition) is 7. The molecule has 0 aliphatic carbocycles. The summed E-state index contributed by atoms with van der Waals surface area (Å²) in [7, 11) is 1.43. The van der Waals surface area contributed by atoms with Crippen LogP contribution in [0.5, 0.6) is 11.5 Å². The minimum atomic E-state index is -0.399. The van der Waals surface area contributed by atoms with E-state index < -0.39 is 5.82 Å². The molecule has 0 saturated carbocycles. The highest BCUT2D eigenvalue weighted by molar-refractivity contribution is 6.32. The largest absolute Gasteiger partial charge is 0.456 e. The average Bonchev–Trinajstić information content (AvgIpc) is 2.81. The molecule has 4 aromatic rings. The number of benzene rings is 3. The van der Waals surface area contributed by atoms with Gasteiger partial charge in [0.1, 0.15) is 36.1 Å². The molecule has 34 heavy (non-hydrogen) atoms. The first-order valence-corrected chi connectivity index (χ1v) is 10.5. The third kappa shape index (κ3) is 5.83. The fourth-order valence-corrected chi connectivity index (χ4v) is 3.27. The molecule has 0 fully saturated rings. The van der Waals surface area contributed by atoms with Crippen molar-refractivity contribution in [3.8, 4) is 11.5 Å². The number of methoxy groups -OCH3 is 1. The molecule has 0 unspecified atom stereocenters. The SMILES string of the molecule is COCC(=O)N/N=C/c1ccc2ncnc(Nc3ccc(Oc4cccc(F)c4)c(Cl)c3)c2c1. The lowest BCUT2D eigenvalue weighted by Crippen LogP contribution is -2.22. The number of carbonyl (C=O) groups is 1. The Bertz CT molecular complexity index is 1370. The van der Waals surface area contributed by atoms with Crippen molar-refractivity contribution >= 4 is 46.1 Å². The van der Waals surface area contributed by atoms with Crippen LogP contribution in [0.3, 0.4) is 0 Å². The van der Waals surface area contributed by atoms with Crippen LogP contribution in [0.25, 0.3) is 10.9 Å². The molecule has 1 amide bonds. The van der Waals surface area contributed by atoms with Crippen LogP contribution < -0.4 is 15.5 Å². The van der Waals surface area contributed by atoms with Gasteiger partial charge in [0.25, 0.3) is 5.91 Å². The van der Waals surface area contributed by atoms with E-state index in [4.69, 9.17) is 21.1 Å². The Morgan fingerprint density at radius 2 is 2.03 bits per heavy atom. The summed E-state index contributed by atoms with van der Waals surface area (Å²) >= 11 is 6.38. The lowest BCUT2D eigenvalue weighted by Gasteiger charge is -2.12. The van der Waals surface area contributed by atoms with Crippen LogP contribution in [-0.4, -0.2) is 35.8 Å². The van der Waals surface area contributed by atoms with Gasteiger partial charge in [-0.15, -0.1) is 0 Å². The van der Waals surface area contributed by atoms with Crippen LogP contribution in [0, 0.1) is 5.82 Å². The molecule has 0 bridgehead atoms. The van der Waals surface area contributed by atoms with Crippen molar-refractivity contribution in [2.45, 2.75) is 0 Å². The van der Waals surface area contributed by atoms with Crippen LogP contribution in [0.4, 0.5) is 15.9 Å². The number of hydrogen-bond donors (Lipinski definition) is 2. The fraction of sp³-hybridized carbons (Fsp3) is 0.0833. The number of aromatic nitrogens is 2. The Labute approximate surface area is 199 Å². The summed E-state index contributed by atoms with van der Waals surface area (Å²) in [6.45, 7) is -0.0778. The molecule has 4 rings (SSSR count). The Balaban J connectivity index is 1.53. The van der Waals surface area contributed by atoms with Crippen molar-refractivity contribution in [3.63, 3.8) is 0 Å². The number of halogens is 2. The molecular formula is C24H19ClFN5O3. The number of rotatable bonds is 8. The van der Waals surface area contributed by atoms with Crippen LogP contribution in [-0.2, 0) is 9.53 Å². The zero-order valence-electron chi connectivity index (χ0n) is 18.0. The van der Waals surface area contributed by atoms with E-state index in [0.29, 0.717) is 28.0 Å². The van der Waals surface area contributed by atoms with Crippen molar-refractivity contribution in [1.29, 1.82) is 0 Å². The van der Waals surface area contributed by atoms with Gasteiger partial charge in [-0.1, -0.05) is 23.7 Å². The quantitative estimate of drug-likeness (QED) is 0.271. The van der Waals surface area contributed by atoms with Crippen molar-refractivity contribution < 1.29 is 18.7 Å². The number of nitrogens with one attached hydrogen (secondary N) is 2. The summed E-state index contributed by atoms with van der Waals surface area (Å²) in [5.41, 5.74) is 4.50. The third-order valence-electron chi connectivity index (χ3n) is 4.56. The van der Waals surface area contributed by atoms with E-state index in [2.05, 4.69) is 25.8 Å². The first-order valence-electron chi connectivity index (χ1n) is 10.1. The number of amides is 1. The highest BCUT2D eigenvalue weighted by Crippen LogP contribution is 2.33. The minimum Gasteiger partial charge on any atom is -0.456 e. The smallest absolute Gasteiger partial charge is 0.266 e. The van der Waals surface area contributed by atoms with Crippen LogP contribution in [0.15, 0.2) is 72.1 Å². The van der Waals surface area contributed by atoms with E-state index in [1.54, 1.807) is 30.3 Å². The van der Waals surface area contributed by atoms with Crippen LogP contribution >= 0.6 is 11.6 Å². The molecule has 0 radical (unpaired) electrons. The second-order valence-corrected chi connectivity index (χ2v) is 7.46. The summed E-state index contributed by atoms with van der Waals surface area (Å²) in [4.78, 5) is 20.1. The van der Waals surface area contributed by atoms with Crippen molar-refractivity contribution in [2.75, 3.05) is 19.0 Å². The number of fused-ring (bicyclic) bond motifs is 1. The molecule has 1 heterocycles. The molecule has 1 aromatic heterocycles. The average molecular weight is 480 g/mol. The molecule has 0 aliphatic rings. The van der Waals surface area contributed by atoms with E-state index in [1.807, 2.05) is 18.2 Å². The molecule has 10 heteroatoms. The molecule has 3 aromatic carbocycles. The van der Waals surface area contributed by atoms with Gasteiger partial charge in [-0.2, -0.15) is 5.10 Å². The maximum absolute atomic E-state index is 13.4. The summed E-state index contributed by atoms with van der Waals surface area (Å²) in [6, 6.07) is 16.4. The predicted octanol–water partition coefficient (Wildman–Crippen LogP) is 5.05. The number of hydrazone groups is 1. The molecule has 0 atom stereocenters. The summed E-state index contributed by atoms with van der Waals surface area (Å²) in [5.74, 6) is 0.533. The summed E-state index contributed by atoms with van der Waals surface area (Å²) < 4.78 is 23.8. The van der Waals surface area contributed by atoms with Gasteiger partial charge in [0.15, 0.2) is 0 Å². The van der Waals surface area contributed by atoms with E-state index >= 15 is 0 Å². The van der Waals surface area contributed by atoms with Crippen LogP contribution in [0.1, 0.15) is 5.56 Å². The molecule has 0 spiro atoms. The molecule has 0 saturated heterocycles. The first-order chi connectivity index (χ1) is 16.5. The standard InChI is InChI=1S/C24H19ClFN5O3/c1-33-13-23(32)31-29-12-15-5-7-21-19(9-15)24(28-14-27-21)30-17-6-8-22(20(25)11-17)34-18-4-2-3-16(26)10-18/h2-12,14H,13H2,1H3,(H,31,32)(H,27,28,30)/b29-12+. The van der Waals surface area contributed by atoms with E-state index in [1.165, 1.54) is 31.8 Å². The third-order valence-corrected chi connectivity index (χ3v) is 4.85. The number of carbonyl (C=O) groups excluding carboxylic acids is 1. The van der Waals surface area contributed by atoms with Gasteiger partial charge in [0.05, 0.1) is 16.8 Å². The summed E-state index contributed by atoms with van der Waals surface area (Å²) in [6.07, 6.45) is 2.96.